The minimum absolute atomic E-state index is 0.310. The molecule has 2 N–H and O–H groups in total. The Bertz CT molecular complexity index is 671. The number of hydrogen-bond acceptors (Lipinski definition) is 5. The fourth-order valence-corrected chi connectivity index (χ4v) is 2.44. The highest BCUT2D eigenvalue weighted by Gasteiger charge is 2.18. The first-order valence-corrected chi connectivity index (χ1v) is 7.55. The van der Waals surface area contributed by atoms with Gasteiger partial charge >= 0.3 is 0 Å². The van der Waals surface area contributed by atoms with Crippen molar-refractivity contribution in [3.8, 4) is 0 Å². The molecule has 2 aromatic rings. The number of hydrazine groups is 1. The van der Waals surface area contributed by atoms with Crippen LogP contribution in [-0.2, 0) is 11.8 Å². The average Bonchev–Trinajstić information content (AvgIpc) is 2.85. The molecular weight excluding hydrogens is 302 g/mol. The van der Waals surface area contributed by atoms with Crippen LogP contribution < -0.4 is 10.9 Å². The van der Waals surface area contributed by atoms with Gasteiger partial charge in [-0.3, -0.25) is 20.4 Å². The van der Waals surface area contributed by atoms with Gasteiger partial charge in [-0.05, 0) is 26.0 Å². The second-order valence-corrected chi connectivity index (χ2v) is 5.97. The lowest BCUT2D eigenvalue weighted by Gasteiger charge is -2.12. The van der Waals surface area contributed by atoms with E-state index in [0.29, 0.717) is 10.7 Å². The van der Waals surface area contributed by atoms with Gasteiger partial charge in [0.25, 0.3) is 11.8 Å². The molecule has 8 heteroatoms. The lowest BCUT2D eigenvalue weighted by atomic mass is 10.2. The van der Waals surface area contributed by atoms with Crippen LogP contribution in [0.15, 0.2) is 35.5 Å². The first kappa shape index (κ1) is 16.0. The largest absolute Gasteiger partial charge is 0.309 e. The van der Waals surface area contributed by atoms with Crippen molar-refractivity contribution in [3.05, 3.63) is 41.7 Å². The molecule has 22 heavy (non-hydrogen) atoms. The molecule has 1 heterocycles. The van der Waals surface area contributed by atoms with Crippen LogP contribution >= 0.6 is 11.8 Å². The molecule has 1 aromatic heterocycles. The molecule has 1 atom stereocenters. The van der Waals surface area contributed by atoms with Crippen molar-refractivity contribution in [2.45, 2.75) is 24.3 Å². The average molecular weight is 319 g/mol. The van der Waals surface area contributed by atoms with Gasteiger partial charge < -0.3 is 4.57 Å². The number of thioether (sulfide) groups is 1. The minimum Gasteiger partial charge on any atom is -0.309 e. The SMILES string of the molecule is Cc1nnc(S[C@H](C)C(=O)NNC(=O)c2ccccc2)n1C. The van der Waals surface area contributed by atoms with Crippen molar-refractivity contribution in [3.63, 3.8) is 0 Å². The van der Waals surface area contributed by atoms with Crippen molar-refractivity contribution in [1.82, 2.24) is 25.6 Å². The highest BCUT2D eigenvalue weighted by atomic mass is 32.2. The third-order valence-corrected chi connectivity index (χ3v) is 4.17. The number of aryl methyl sites for hydroxylation is 1. The van der Waals surface area contributed by atoms with Gasteiger partial charge in [-0.25, -0.2) is 0 Å². The summed E-state index contributed by atoms with van der Waals surface area (Å²) in [6.07, 6.45) is 0. The van der Waals surface area contributed by atoms with Crippen molar-refractivity contribution < 1.29 is 9.59 Å². The second-order valence-electron chi connectivity index (χ2n) is 4.66. The van der Waals surface area contributed by atoms with Crippen molar-refractivity contribution in [2.24, 2.45) is 7.05 Å². The van der Waals surface area contributed by atoms with Gasteiger partial charge in [0.1, 0.15) is 5.82 Å². The first-order valence-electron chi connectivity index (χ1n) is 6.67. The van der Waals surface area contributed by atoms with E-state index in [4.69, 9.17) is 0 Å². The van der Waals surface area contributed by atoms with Crippen LogP contribution in [0.2, 0.25) is 0 Å². The van der Waals surface area contributed by atoms with Crippen LogP contribution in [0.1, 0.15) is 23.1 Å². The van der Waals surface area contributed by atoms with E-state index in [1.165, 1.54) is 11.8 Å². The van der Waals surface area contributed by atoms with Crippen LogP contribution in [0, 0.1) is 6.92 Å². The van der Waals surface area contributed by atoms with E-state index in [9.17, 15) is 9.59 Å². The Morgan fingerprint density at radius 3 is 2.45 bits per heavy atom. The predicted octanol–water partition coefficient (Wildman–Crippen LogP) is 1.07. The lowest BCUT2D eigenvalue weighted by Crippen LogP contribution is -2.44. The number of carbonyl (C=O) groups excluding carboxylic acids is 2. The van der Waals surface area contributed by atoms with Gasteiger partial charge in [-0.1, -0.05) is 30.0 Å². The number of aromatic nitrogens is 3. The summed E-state index contributed by atoms with van der Waals surface area (Å²) in [5, 5.41) is 8.15. The van der Waals surface area contributed by atoms with Gasteiger partial charge in [-0.2, -0.15) is 0 Å². The molecule has 116 valence electrons. The third kappa shape index (κ3) is 3.85. The minimum atomic E-state index is -0.418. The topological polar surface area (TPSA) is 88.9 Å². The standard InChI is InChI=1S/C14H17N5O2S/c1-9(22-14-18-15-10(2)19(14)3)12(20)16-17-13(21)11-7-5-4-6-8-11/h4-9H,1-3H3,(H,16,20)(H,17,21)/t9-/m1/s1. The van der Waals surface area contributed by atoms with Gasteiger partial charge in [0.15, 0.2) is 5.16 Å². The third-order valence-electron chi connectivity index (χ3n) is 3.04. The summed E-state index contributed by atoms with van der Waals surface area (Å²) in [6.45, 7) is 3.57. The molecule has 0 bridgehead atoms. The van der Waals surface area contributed by atoms with E-state index in [2.05, 4.69) is 21.0 Å². The first-order chi connectivity index (χ1) is 10.5. The Kier molecular flexibility index (Phi) is 5.16. The molecule has 0 unspecified atom stereocenters. The van der Waals surface area contributed by atoms with E-state index in [-0.39, 0.29) is 11.8 Å². The van der Waals surface area contributed by atoms with Crippen LogP contribution in [-0.4, -0.2) is 31.8 Å². The van der Waals surface area contributed by atoms with Crippen molar-refractivity contribution >= 4 is 23.6 Å². The Labute approximate surface area is 132 Å². The second kappa shape index (κ2) is 7.08. The number of carbonyl (C=O) groups is 2. The zero-order valence-corrected chi connectivity index (χ0v) is 13.3. The highest BCUT2D eigenvalue weighted by Crippen LogP contribution is 2.20. The van der Waals surface area contributed by atoms with E-state index >= 15 is 0 Å². The molecule has 0 aliphatic carbocycles. The number of amides is 2. The number of benzene rings is 1. The van der Waals surface area contributed by atoms with Gasteiger partial charge in [0.2, 0.25) is 0 Å². The van der Waals surface area contributed by atoms with Crippen LogP contribution in [0.5, 0.6) is 0 Å². The van der Waals surface area contributed by atoms with Gasteiger partial charge in [-0.15, -0.1) is 10.2 Å². The van der Waals surface area contributed by atoms with E-state index in [1.54, 1.807) is 35.8 Å². The summed E-state index contributed by atoms with van der Waals surface area (Å²) in [5.41, 5.74) is 5.28. The molecule has 0 aliphatic rings. The van der Waals surface area contributed by atoms with Gasteiger partial charge in [0, 0.05) is 12.6 Å². The fourth-order valence-electron chi connectivity index (χ4n) is 1.58. The van der Waals surface area contributed by atoms with Crippen molar-refractivity contribution in [1.29, 1.82) is 0 Å². The number of hydrogen-bond donors (Lipinski definition) is 2. The molecule has 1 aromatic carbocycles. The normalized spacial score (nSPS) is 11.8. The van der Waals surface area contributed by atoms with Crippen LogP contribution in [0.4, 0.5) is 0 Å². The quantitative estimate of drug-likeness (QED) is 0.650. The smallest absolute Gasteiger partial charge is 0.269 e. The maximum absolute atomic E-state index is 12.0. The van der Waals surface area contributed by atoms with Gasteiger partial charge in [0.05, 0.1) is 5.25 Å². The predicted molar refractivity (Wildman–Crippen MR) is 83.1 cm³/mol. The molecule has 0 saturated carbocycles. The number of nitrogens with zero attached hydrogens (tertiary/aromatic N) is 3. The fraction of sp³-hybridized carbons (Fsp3) is 0.286. The highest BCUT2D eigenvalue weighted by molar-refractivity contribution is 8.00. The van der Waals surface area contributed by atoms with Crippen LogP contribution in [0.3, 0.4) is 0 Å². The molecule has 0 saturated heterocycles. The number of rotatable bonds is 4. The molecule has 0 aliphatic heterocycles. The molecule has 0 radical (unpaired) electrons. The summed E-state index contributed by atoms with van der Waals surface area (Å²) in [5.74, 6) is 0.100. The summed E-state index contributed by atoms with van der Waals surface area (Å²) < 4.78 is 1.80. The van der Waals surface area contributed by atoms with Crippen molar-refractivity contribution in [2.75, 3.05) is 0 Å². The summed E-state index contributed by atoms with van der Waals surface area (Å²) >= 11 is 1.27. The Morgan fingerprint density at radius 1 is 1.18 bits per heavy atom. The summed E-state index contributed by atoms with van der Waals surface area (Å²) in [7, 11) is 1.83. The van der Waals surface area contributed by atoms with E-state index in [1.807, 2.05) is 20.0 Å². The maximum Gasteiger partial charge on any atom is 0.269 e. The molecular formula is C14H17N5O2S. The number of nitrogens with one attached hydrogen (secondary N) is 2. The zero-order chi connectivity index (χ0) is 16.1. The Balaban J connectivity index is 1.87. The monoisotopic (exact) mass is 319 g/mol. The Morgan fingerprint density at radius 2 is 1.86 bits per heavy atom. The molecule has 2 rings (SSSR count). The van der Waals surface area contributed by atoms with E-state index < -0.39 is 5.25 Å². The lowest BCUT2D eigenvalue weighted by molar-refractivity contribution is -0.121. The van der Waals surface area contributed by atoms with Crippen LogP contribution in [0.25, 0.3) is 0 Å². The zero-order valence-electron chi connectivity index (χ0n) is 12.5. The summed E-state index contributed by atoms with van der Waals surface area (Å²) in [6, 6.07) is 8.66. The maximum atomic E-state index is 12.0. The molecule has 2 amide bonds. The molecule has 7 nitrogen and oxygen atoms in total. The Hall–Kier alpha value is -2.35. The molecule has 0 spiro atoms. The van der Waals surface area contributed by atoms with E-state index in [0.717, 1.165) is 5.82 Å². The molecule has 0 fully saturated rings. The summed E-state index contributed by atoms with van der Waals surface area (Å²) in [4.78, 5) is 23.8.